The third kappa shape index (κ3) is 1.98. The fourth-order valence-corrected chi connectivity index (χ4v) is 3.38. The maximum atomic E-state index is 6.30. The molecule has 2 heterocycles. The summed E-state index contributed by atoms with van der Waals surface area (Å²) in [5, 5.41) is 0. The first-order chi connectivity index (χ1) is 10.2. The van der Waals surface area contributed by atoms with E-state index in [2.05, 4.69) is 61.3 Å². The molecule has 0 radical (unpaired) electrons. The normalized spacial score (nSPS) is 17.4. The van der Waals surface area contributed by atoms with Crippen LogP contribution in [0.4, 0.5) is 0 Å². The topological polar surface area (TPSA) is 12.5 Å². The SMILES string of the molecule is Cc1cccc2c1Oc1ccccc1C1=C2CN(C)CC1. The molecule has 4 rings (SSSR count). The second-order valence-electron chi connectivity index (χ2n) is 5.99. The number of hydrogen-bond donors (Lipinski definition) is 0. The van der Waals surface area contributed by atoms with Crippen LogP contribution < -0.4 is 4.74 Å². The first-order valence-electron chi connectivity index (χ1n) is 7.52. The number of hydrogen-bond acceptors (Lipinski definition) is 2. The average Bonchev–Trinajstić information content (AvgIpc) is 2.63. The molecule has 0 aliphatic carbocycles. The van der Waals surface area contributed by atoms with E-state index in [0.717, 1.165) is 31.0 Å². The highest BCUT2D eigenvalue weighted by Gasteiger charge is 2.27. The third-order valence-corrected chi connectivity index (χ3v) is 4.50. The highest BCUT2D eigenvalue weighted by Crippen LogP contribution is 2.46. The maximum absolute atomic E-state index is 6.30. The zero-order valence-corrected chi connectivity index (χ0v) is 12.5. The molecule has 0 fully saturated rings. The predicted octanol–water partition coefficient (Wildman–Crippen LogP) is 4.35. The summed E-state index contributed by atoms with van der Waals surface area (Å²) in [5.41, 5.74) is 6.59. The van der Waals surface area contributed by atoms with Gasteiger partial charge >= 0.3 is 0 Å². The Morgan fingerprint density at radius 1 is 0.952 bits per heavy atom. The van der Waals surface area contributed by atoms with E-state index >= 15 is 0 Å². The molecule has 2 nitrogen and oxygen atoms in total. The first-order valence-corrected chi connectivity index (χ1v) is 7.52. The van der Waals surface area contributed by atoms with Gasteiger partial charge in [-0.3, -0.25) is 0 Å². The van der Waals surface area contributed by atoms with Crippen molar-refractivity contribution in [2.24, 2.45) is 0 Å². The van der Waals surface area contributed by atoms with E-state index < -0.39 is 0 Å². The van der Waals surface area contributed by atoms with E-state index in [4.69, 9.17) is 4.74 Å². The number of rotatable bonds is 0. The minimum atomic E-state index is 0.989. The van der Waals surface area contributed by atoms with Crippen molar-refractivity contribution < 1.29 is 4.74 Å². The fraction of sp³-hybridized carbons (Fsp3) is 0.263. The molecule has 0 atom stereocenters. The van der Waals surface area contributed by atoms with Crippen LogP contribution in [-0.4, -0.2) is 25.0 Å². The van der Waals surface area contributed by atoms with E-state index in [1.807, 2.05) is 0 Å². The Hall–Kier alpha value is -2.06. The third-order valence-electron chi connectivity index (χ3n) is 4.50. The number of benzene rings is 2. The number of para-hydroxylation sites is 2. The number of likely N-dealkylation sites (N-methyl/N-ethyl adjacent to an activating group) is 1. The Labute approximate surface area is 125 Å². The van der Waals surface area contributed by atoms with Gasteiger partial charge in [0.2, 0.25) is 0 Å². The van der Waals surface area contributed by atoms with Gasteiger partial charge in [-0.25, -0.2) is 0 Å². The lowest BCUT2D eigenvalue weighted by Gasteiger charge is -2.27. The van der Waals surface area contributed by atoms with E-state index in [1.54, 1.807) is 0 Å². The van der Waals surface area contributed by atoms with Crippen LogP contribution in [0.15, 0.2) is 42.5 Å². The molecule has 21 heavy (non-hydrogen) atoms. The van der Waals surface area contributed by atoms with Gasteiger partial charge in [-0.05, 0) is 43.2 Å². The number of nitrogens with zero attached hydrogens (tertiary/aromatic N) is 1. The van der Waals surface area contributed by atoms with Gasteiger partial charge in [0.25, 0.3) is 0 Å². The van der Waals surface area contributed by atoms with Crippen LogP contribution >= 0.6 is 0 Å². The fourth-order valence-electron chi connectivity index (χ4n) is 3.38. The summed E-state index contributed by atoms with van der Waals surface area (Å²) < 4.78 is 6.30. The van der Waals surface area contributed by atoms with Crippen molar-refractivity contribution in [2.75, 3.05) is 20.1 Å². The van der Waals surface area contributed by atoms with Gasteiger partial charge in [-0.2, -0.15) is 0 Å². The van der Waals surface area contributed by atoms with Crippen LogP contribution in [-0.2, 0) is 0 Å². The summed E-state index contributed by atoms with van der Waals surface area (Å²) in [7, 11) is 2.19. The summed E-state index contributed by atoms with van der Waals surface area (Å²) in [5.74, 6) is 2.01. The molecule has 0 unspecified atom stereocenters. The Morgan fingerprint density at radius 3 is 2.67 bits per heavy atom. The van der Waals surface area contributed by atoms with Crippen LogP contribution in [0, 0.1) is 6.92 Å². The molecule has 0 saturated heterocycles. The second kappa shape index (κ2) is 4.74. The van der Waals surface area contributed by atoms with Gasteiger partial charge in [-0.1, -0.05) is 36.4 Å². The minimum absolute atomic E-state index is 0.989. The lowest BCUT2D eigenvalue weighted by atomic mass is 9.89. The smallest absolute Gasteiger partial charge is 0.137 e. The van der Waals surface area contributed by atoms with Gasteiger partial charge in [0.1, 0.15) is 11.5 Å². The summed E-state index contributed by atoms with van der Waals surface area (Å²) in [6, 6.07) is 14.9. The summed E-state index contributed by atoms with van der Waals surface area (Å²) >= 11 is 0. The van der Waals surface area contributed by atoms with Gasteiger partial charge in [0.15, 0.2) is 0 Å². The molecule has 2 aliphatic heterocycles. The average molecular weight is 277 g/mol. The van der Waals surface area contributed by atoms with Crippen molar-refractivity contribution in [2.45, 2.75) is 13.3 Å². The molecule has 2 heteroatoms. The van der Waals surface area contributed by atoms with Crippen molar-refractivity contribution in [3.8, 4) is 11.5 Å². The minimum Gasteiger partial charge on any atom is -0.456 e. The van der Waals surface area contributed by atoms with Crippen LogP contribution in [0.5, 0.6) is 11.5 Å². The number of aryl methyl sites for hydroxylation is 1. The molecule has 0 N–H and O–H groups in total. The van der Waals surface area contributed by atoms with Crippen LogP contribution in [0.3, 0.4) is 0 Å². The van der Waals surface area contributed by atoms with Gasteiger partial charge in [0.05, 0.1) is 0 Å². The molecular weight excluding hydrogens is 258 g/mol. The Balaban J connectivity index is 2.04. The molecular formula is C19H19NO. The molecule has 0 aromatic heterocycles. The Bertz CT molecular complexity index is 745. The van der Waals surface area contributed by atoms with Crippen LogP contribution in [0.25, 0.3) is 11.1 Å². The molecule has 0 spiro atoms. The molecule has 2 aliphatic rings. The highest BCUT2D eigenvalue weighted by molar-refractivity contribution is 5.97. The van der Waals surface area contributed by atoms with E-state index in [-0.39, 0.29) is 0 Å². The lowest BCUT2D eigenvalue weighted by molar-refractivity contribution is 0.376. The Morgan fingerprint density at radius 2 is 1.76 bits per heavy atom. The predicted molar refractivity (Wildman–Crippen MR) is 86.6 cm³/mol. The summed E-state index contributed by atoms with van der Waals surface area (Å²) in [6.07, 6.45) is 1.08. The molecule has 2 aromatic rings. The Kier molecular flexibility index (Phi) is 2.86. The molecule has 0 amide bonds. The van der Waals surface area contributed by atoms with Crippen molar-refractivity contribution in [3.63, 3.8) is 0 Å². The maximum Gasteiger partial charge on any atom is 0.137 e. The van der Waals surface area contributed by atoms with Crippen molar-refractivity contribution in [1.29, 1.82) is 0 Å². The van der Waals surface area contributed by atoms with Crippen molar-refractivity contribution in [3.05, 3.63) is 59.2 Å². The van der Waals surface area contributed by atoms with Gasteiger partial charge in [0, 0.05) is 24.2 Å². The summed E-state index contributed by atoms with van der Waals surface area (Å²) in [4.78, 5) is 2.39. The van der Waals surface area contributed by atoms with E-state index in [1.165, 1.54) is 27.8 Å². The monoisotopic (exact) mass is 277 g/mol. The number of ether oxygens (including phenoxy) is 1. The lowest BCUT2D eigenvalue weighted by Crippen LogP contribution is -2.26. The zero-order valence-electron chi connectivity index (χ0n) is 12.5. The second-order valence-corrected chi connectivity index (χ2v) is 5.99. The molecule has 0 bridgehead atoms. The molecule has 0 saturated carbocycles. The van der Waals surface area contributed by atoms with E-state index in [0.29, 0.717) is 0 Å². The molecule has 106 valence electrons. The van der Waals surface area contributed by atoms with Gasteiger partial charge < -0.3 is 9.64 Å². The van der Waals surface area contributed by atoms with Crippen molar-refractivity contribution in [1.82, 2.24) is 4.90 Å². The van der Waals surface area contributed by atoms with E-state index in [9.17, 15) is 0 Å². The quantitative estimate of drug-likeness (QED) is 0.710. The largest absolute Gasteiger partial charge is 0.456 e. The van der Waals surface area contributed by atoms with Crippen molar-refractivity contribution >= 4 is 11.1 Å². The van der Waals surface area contributed by atoms with Crippen LogP contribution in [0.1, 0.15) is 23.1 Å². The van der Waals surface area contributed by atoms with Gasteiger partial charge in [-0.15, -0.1) is 0 Å². The first kappa shape index (κ1) is 12.7. The van der Waals surface area contributed by atoms with Crippen LogP contribution in [0.2, 0.25) is 0 Å². The standard InChI is InChI=1S/C19H19NO/c1-13-6-5-8-16-17-12-20(2)11-10-14(17)15-7-3-4-9-18(15)21-19(13)16/h3-9H,10-12H2,1-2H3. The highest BCUT2D eigenvalue weighted by atomic mass is 16.5. The molecule has 2 aromatic carbocycles. The zero-order chi connectivity index (χ0) is 14.4. The summed E-state index contributed by atoms with van der Waals surface area (Å²) in [6.45, 7) is 4.22. The number of fused-ring (bicyclic) bond motifs is 4.